The molecule has 1 amide bonds. The van der Waals surface area contributed by atoms with Gasteiger partial charge in [-0.25, -0.2) is 0 Å². The van der Waals surface area contributed by atoms with Gasteiger partial charge in [0.25, 0.3) is 11.7 Å². The number of nitrogens with zero attached hydrogens (tertiary/aromatic N) is 4. The van der Waals surface area contributed by atoms with E-state index >= 15 is 0 Å². The van der Waals surface area contributed by atoms with Gasteiger partial charge in [-0.2, -0.15) is 5.10 Å². The third-order valence-electron chi connectivity index (χ3n) is 23.7. The predicted molar refractivity (Wildman–Crippen MR) is 407 cm³/mol. The number of amides is 1. The van der Waals surface area contributed by atoms with Crippen molar-refractivity contribution in [2.75, 3.05) is 66.9 Å². The highest BCUT2D eigenvalue weighted by Gasteiger charge is 2.55. The summed E-state index contributed by atoms with van der Waals surface area (Å²) in [4.78, 5) is 72.4. The fourth-order valence-electron chi connectivity index (χ4n) is 16.3. The number of piperazine rings is 1. The van der Waals surface area contributed by atoms with Gasteiger partial charge in [-0.05, 0) is 102 Å². The maximum atomic E-state index is 14.4. The molecule has 7 aliphatic heterocycles. The van der Waals surface area contributed by atoms with Crippen LogP contribution in [0.4, 0.5) is 5.69 Å². The molecule has 4 saturated heterocycles. The van der Waals surface area contributed by atoms with Crippen molar-refractivity contribution in [2.24, 2.45) is 52.4 Å². The lowest BCUT2D eigenvalue weighted by atomic mass is 9.74. The zero-order chi connectivity index (χ0) is 82.6. The van der Waals surface area contributed by atoms with Crippen LogP contribution in [0.25, 0.3) is 10.8 Å². The Morgan fingerprint density at radius 2 is 1.40 bits per heavy atom. The Morgan fingerprint density at radius 1 is 0.764 bits per heavy atom. The molecule has 0 radical (unpaired) electrons. The van der Waals surface area contributed by atoms with Crippen LogP contribution < -0.4 is 10.1 Å². The number of cyclic esters (lactones) is 1. The molecular weight excluding hydrogens is 1430 g/mol. The second-order valence-electron chi connectivity index (χ2n) is 32.6. The number of esters is 2. The number of rotatable bonds is 11. The largest absolute Gasteiger partial charge is 0.507 e. The first kappa shape index (κ1) is 90.7. The topological polar surface area (TPSA) is 414 Å². The number of ether oxygens (including phenoxy) is 10. The molecular formula is C80H125N5O25. The van der Waals surface area contributed by atoms with E-state index in [-0.39, 0.29) is 75.9 Å². The summed E-state index contributed by atoms with van der Waals surface area (Å²) >= 11 is 0. The Labute approximate surface area is 646 Å². The summed E-state index contributed by atoms with van der Waals surface area (Å²) in [7, 11) is 8.60. The van der Waals surface area contributed by atoms with E-state index in [1.165, 1.54) is 87.3 Å². The van der Waals surface area contributed by atoms with Crippen molar-refractivity contribution in [2.45, 2.75) is 265 Å². The first-order valence-corrected chi connectivity index (χ1v) is 38.3. The molecule has 5 bridgehead atoms. The van der Waals surface area contributed by atoms with Gasteiger partial charge >= 0.3 is 17.7 Å². The molecule has 2 aromatic carbocycles. The second-order valence-corrected chi connectivity index (χ2v) is 32.6. The van der Waals surface area contributed by atoms with Crippen molar-refractivity contribution in [3.05, 3.63) is 52.8 Å². The fourth-order valence-corrected chi connectivity index (χ4v) is 16.3. The standard InChI is InChI=1S/C43H58N4O12.C37H67NO13/c1-21-12-11-13-22(2)42(55)45-33-28(20-44-47-17-15-46(9)16-18-47)37(52)30-31(38(33)53)36(51)26(6)40-32(30)41(54)43(8,59-40)57-19-14-29(56-10)23(3)39(58-27(7)48)25(5)35(50)24(4)34(21)49;1-14-25-37(10,45)30(41)20(4)27(39)18(2)16-35(8,44)32(51-34-28(40)24(38(11)12)15-19(3)47-34)21(5)29(22(6)33(43)49-25)50-26-17-36(9,46-13)31(42)23(7)48-26/h11-14,19-21,23-25,29,34-35,39,49-53H,15-18H2,1-10H3,(H,45,55);18-26,28-32,34,40-42,44-45H,14-17H2,1-13H3/b12-11+,19-14+,22-13-,44-20+;/t21-,23+,24+,25+,29-,34-,35+,39+,43-;18-,19-,20+,21+,22-,23+,24+,25-,26+,28-,29+,30-,31+,32-,34+,35-,36-,37-/m01/s1. The molecule has 9 rings (SSSR count). The van der Waals surface area contributed by atoms with Crippen LogP contribution in [0.1, 0.15) is 165 Å². The molecule has 2 aromatic rings. The average molecular weight is 1560 g/mol. The van der Waals surface area contributed by atoms with Crippen molar-refractivity contribution >= 4 is 52.1 Å². The number of phenolic OH excluding ortho intramolecular Hbond substituents is 3. The molecule has 30 heteroatoms. The maximum absolute atomic E-state index is 14.4. The smallest absolute Gasteiger partial charge is 0.312 e. The van der Waals surface area contributed by atoms with Crippen LogP contribution in [-0.2, 0) is 61.8 Å². The Kier molecular flexibility index (Phi) is 30.3. The number of methoxy groups -OCH3 is 2. The molecule has 4 fully saturated rings. The van der Waals surface area contributed by atoms with Crippen molar-refractivity contribution in [1.82, 2.24) is 14.8 Å². The highest BCUT2D eigenvalue weighted by atomic mass is 16.7. The molecule has 0 unspecified atom stereocenters. The third-order valence-corrected chi connectivity index (χ3v) is 23.7. The molecule has 30 nitrogen and oxygen atoms in total. The van der Waals surface area contributed by atoms with Gasteiger partial charge in [0.05, 0.1) is 101 Å². The Bertz CT molecular complexity index is 3690. The van der Waals surface area contributed by atoms with Gasteiger partial charge in [-0.3, -0.25) is 29.0 Å². The van der Waals surface area contributed by atoms with Gasteiger partial charge in [-0.1, -0.05) is 73.6 Å². The van der Waals surface area contributed by atoms with Crippen LogP contribution in [0, 0.1) is 54.3 Å². The Balaban J connectivity index is 0.000000309. The van der Waals surface area contributed by atoms with Crippen LogP contribution in [0.15, 0.2) is 41.2 Å². The van der Waals surface area contributed by atoms with Crippen LogP contribution >= 0.6 is 0 Å². The third kappa shape index (κ3) is 19.5. The van der Waals surface area contributed by atoms with Gasteiger partial charge in [0, 0.05) is 125 Å². The number of hydrogen-bond acceptors (Lipinski definition) is 29. The van der Waals surface area contributed by atoms with Crippen molar-refractivity contribution < 1.29 is 122 Å². The number of anilines is 1. The number of fused-ring (bicyclic) bond motifs is 14. The van der Waals surface area contributed by atoms with Gasteiger partial charge in [-0.15, -0.1) is 0 Å². The molecule has 11 N–H and O–H groups in total. The molecule has 620 valence electrons. The van der Waals surface area contributed by atoms with Gasteiger partial charge in [0.1, 0.15) is 53.0 Å². The molecule has 7 aliphatic rings. The van der Waals surface area contributed by atoms with E-state index < -0.39 is 196 Å². The number of aromatic hydroxyl groups is 3. The highest BCUT2D eigenvalue weighted by Crippen LogP contribution is 2.55. The van der Waals surface area contributed by atoms with Crippen molar-refractivity contribution in [3.8, 4) is 23.0 Å². The van der Waals surface area contributed by atoms with Crippen LogP contribution in [0.3, 0.4) is 0 Å². The number of hydrazone groups is 1. The number of carbonyl (C=O) groups excluding carboxylic acids is 5. The minimum absolute atomic E-state index is 0.0559. The van der Waals surface area contributed by atoms with Gasteiger partial charge in [0.15, 0.2) is 18.3 Å². The quantitative estimate of drug-likeness (QED) is 0.0522. The maximum Gasteiger partial charge on any atom is 0.312 e. The lowest BCUT2D eigenvalue weighted by Gasteiger charge is -2.49. The van der Waals surface area contributed by atoms with Gasteiger partial charge in [0.2, 0.25) is 0 Å². The molecule has 0 saturated carbocycles. The Hall–Kier alpha value is -6.46. The van der Waals surface area contributed by atoms with E-state index in [9.17, 15) is 75.0 Å². The summed E-state index contributed by atoms with van der Waals surface area (Å²) < 4.78 is 60.7. The van der Waals surface area contributed by atoms with E-state index in [0.717, 1.165) is 13.1 Å². The number of Topliss-reactive ketones (excluding diaryl/α,β-unsaturated/α-hetero) is 2. The monoisotopic (exact) mass is 1560 g/mol. The van der Waals surface area contributed by atoms with E-state index in [4.69, 9.17) is 47.4 Å². The van der Waals surface area contributed by atoms with E-state index in [1.54, 1.807) is 86.4 Å². The first-order chi connectivity index (χ1) is 51.2. The number of ketones is 2. The molecule has 110 heavy (non-hydrogen) atoms. The fraction of sp³-hybridized carbons (Fsp3) is 0.725. The molecule has 0 spiro atoms. The summed E-state index contributed by atoms with van der Waals surface area (Å²) in [5.74, 6) is -13.3. The van der Waals surface area contributed by atoms with Crippen LogP contribution in [0.5, 0.6) is 23.0 Å². The van der Waals surface area contributed by atoms with E-state index in [2.05, 4.69) is 15.3 Å². The average Bonchev–Trinajstić information content (AvgIpc) is 1.49. The number of carbonyl (C=O) groups is 5. The summed E-state index contributed by atoms with van der Waals surface area (Å²) in [6.07, 6.45) is -4.85. The number of nitrogens with one attached hydrogen (secondary N) is 1. The first-order valence-electron chi connectivity index (χ1n) is 38.3. The lowest BCUT2D eigenvalue weighted by molar-refractivity contribution is -0.318. The van der Waals surface area contributed by atoms with E-state index in [1.807, 2.05) is 33.0 Å². The summed E-state index contributed by atoms with van der Waals surface area (Å²) in [6.45, 7) is 31.4. The number of likely N-dealkylation sites (N-methyl/N-ethyl adjacent to an activating group) is 2. The zero-order valence-electron chi connectivity index (χ0n) is 68.3. The molecule has 27 atom stereocenters. The predicted octanol–water partition coefficient (Wildman–Crippen LogP) is 6.12. The van der Waals surface area contributed by atoms with E-state index in [0.29, 0.717) is 19.5 Å². The molecule has 0 aliphatic carbocycles. The number of allylic oxidation sites excluding steroid dienone is 2. The number of phenols is 3. The van der Waals surface area contributed by atoms with Crippen LogP contribution in [-0.4, -0.2) is 278 Å². The number of aliphatic hydroxyl groups is 7. The van der Waals surface area contributed by atoms with Gasteiger partial charge < -0.3 is 114 Å². The lowest BCUT2D eigenvalue weighted by Crippen LogP contribution is -2.61. The Morgan fingerprint density at radius 3 is 1.99 bits per heavy atom. The minimum atomic E-state index is -2.04. The zero-order valence-corrected chi connectivity index (χ0v) is 68.3. The summed E-state index contributed by atoms with van der Waals surface area (Å²) in [6, 6.07) is -0.324. The second kappa shape index (κ2) is 36.8. The SMILES string of the molecule is CC[C@H]1OC(=O)[C@H](C)[C@@H](O[C@H]2C[C@@](C)(OC)[C@@H](O)[C@H](C)O2)[C@H](C)[C@@H](O[C@@H]2O[C@H](C)C[C@H](N(C)C)[C@H]2O)[C@](C)(O)C[C@@H](C)C(=O)[C@H](C)[C@@H](O)[C@]1(C)O.CO[C@H]1/C=C/O[C@@]2(C)Oc3c(C)c(O)c4c(O)c(c(/C=N/N5CCN(C)CC5)c(O)c4c3C2=O)NC(=O)/C(C)=C\C=C\[C@H](C)[C@H](O)[C@@H](C)[C@@H](O)[C@@H](C)[C@H](OC(C)=O)[C@@H]1C. The molecule has 0 aromatic heterocycles. The number of benzene rings is 2. The summed E-state index contributed by atoms with van der Waals surface area (Å²) in [5, 5.41) is 124. The normalized spacial score (nSPS) is 40.3. The molecule has 7 heterocycles. The van der Waals surface area contributed by atoms with Crippen molar-refractivity contribution in [3.63, 3.8) is 0 Å². The van der Waals surface area contributed by atoms with Crippen LogP contribution in [0.2, 0.25) is 0 Å². The minimum Gasteiger partial charge on any atom is -0.507 e. The highest BCUT2D eigenvalue weighted by molar-refractivity contribution is 6.24. The van der Waals surface area contributed by atoms with Crippen molar-refractivity contribution in [1.29, 1.82) is 0 Å². The number of aliphatic hydroxyl groups excluding tert-OH is 5. The number of hydrogen-bond donors (Lipinski definition) is 11. The summed E-state index contributed by atoms with van der Waals surface area (Å²) in [5.41, 5.74) is -5.19.